The maximum absolute atomic E-state index is 11.4. The number of unbranched alkanes of at least 4 members (excludes halogenated alkanes) is 3. The van der Waals surface area contributed by atoms with Crippen LogP contribution in [0.3, 0.4) is 0 Å². The normalized spacial score (nSPS) is 18.7. The summed E-state index contributed by atoms with van der Waals surface area (Å²) < 4.78 is 31.4. The Kier molecular flexibility index (Phi) is 9.75. The zero-order valence-electron chi connectivity index (χ0n) is 12.4. The van der Waals surface area contributed by atoms with Crippen molar-refractivity contribution in [1.82, 2.24) is 0 Å². The molecule has 2 unspecified atom stereocenters. The molecule has 0 radical (unpaired) electrons. The molecule has 12 heteroatoms. The second-order valence-electron chi connectivity index (χ2n) is 4.34. The fourth-order valence-electron chi connectivity index (χ4n) is 1.61. The molecule has 130 valence electrons. The zero-order valence-corrected chi connectivity index (χ0v) is 14.2. The molecule has 0 aromatic carbocycles. The third-order valence-electron chi connectivity index (χ3n) is 2.91. The van der Waals surface area contributed by atoms with Gasteiger partial charge in [0.2, 0.25) is 0 Å². The van der Waals surface area contributed by atoms with E-state index in [4.69, 9.17) is 0 Å². The zero-order chi connectivity index (χ0) is 17.2. The SMILES string of the molecule is COP(=O)(O)/C(CCCCCC/C(=N/[O-])P(=O)(O)OC)=N\[O-]. The van der Waals surface area contributed by atoms with Crippen LogP contribution in [0.2, 0.25) is 0 Å². The monoisotopic (exact) mass is 358 g/mol. The summed E-state index contributed by atoms with van der Waals surface area (Å²) in [7, 11) is -6.17. The van der Waals surface area contributed by atoms with Crippen molar-refractivity contribution in [3.05, 3.63) is 10.4 Å². The molecule has 0 saturated heterocycles. The number of hydrogen-bond acceptors (Lipinski definition) is 8. The summed E-state index contributed by atoms with van der Waals surface area (Å²) in [6, 6.07) is 0. The van der Waals surface area contributed by atoms with Gasteiger partial charge in [-0.25, -0.2) is 0 Å². The van der Waals surface area contributed by atoms with E-state index in [1.165, 1.54) is 0 Å². The molecule has 2 atom stereocenters. The lowest BCUT2D eigenvalue weighted by molar-refractivity contribution is 0.329. The Bertz CT molecular complexity index is 449. The second kappa shape index (κ2) is 10.1. The van der Waals surface area contributed by atoms with Crippen LogP contribution >= 0.6 is 15.2 Å². The summed E-state index contributed by atoms with van der Waals surface area (Å²) in [6.07, 6.45) is 2.00. The van der Waals surface area contributed by atoms with Crippen molar-refractivity contribution >= 4 is 26.1 Å². The van der Waals surface area contributed by atoms with E-state index in [1.54, 1.807) is 0 Å². The summed E-state index contributed by atoms with van der Waals surface area (Å²) in [5.74, 6) is 0. The molecule has 0 rings (SSSR count). The Hall–Kier alpha value is -0.760. The molecule has 0 heterocycles. The molecule has 0 bridgehead atoms. The summed E-state index contributed by atoms with van der Waals surface area (Å²) in [5, 5.41) is 26.0. The molecule has 0 aliphatic heterocycles. The standard InChI is InChI=1S/C10H22N2O8P2/c1-19-21(15,16)9(11-13)7-5-3-4-6-8-10(12-14)22(17,18)20-2/h13-14H,3-8H2,1-2H3,(H,15,16)(H,17,18)/p-2/b11-9-,12-10-. The number of nitrogens with zero attached hydrogens (tertiary/aromatic N) is 2. The van der Waals surface area contributed by atoms with Crippen LogP contribution in [0.25, 0.3) is 0 Å². The molecule has 0 amide bonds. The molecule has 0 aliphatic rings. The largest absolute Gasteiger partial charge is 0.792 e. The highest BCUT2D eigenvalue weighted by molar-refractivity contribution is 7.71. The van der Waals surface area contributed by atoms with Gasteiger partial charge in [0.25, 0.3) is 0 Å². The van der Waals surface area contributed by atoms with Gasteiger partial charge in [0.1, 0.15) is 10.9 Å². The van der Waals surface area contributed by atoms with Gasteiger partial charge < -0.3 is 39.6 Å². The van der Waals surface area contributed by atoms with Crippen LogP contribution in [-0.2, 0) is 18.2 Å². The average molecular weight is 358 g/mol. The van der Waals surface area contributed by atoms with Gasteiger partial charge in [0.15, 0.2) is 0 Å². The molecule has 0 spiro atoms. The minimum atomic E-state index is -4.10. The molecule has 0 aromatic rings. The summed E-state index contributed by atoms with van der Waals surface area (Å²) >= 11 is 0. The molecule has 0 aromatic heterocycles. The van der Waals surface area contributed by atoms with E-state index in [0.29, 0.717) is 25.7 Å². The second-order valence-corrected chi connectivity index (χ2v) is 8.18. The van der Waals surface area contributed by atoms with Gasteiger partial charge in [0, 0.05) is 14.2 Å². The van der Waals surface area contributed by atoms with Crippen LogP contribution in [0.4, 0.5) is 0 Å². The Labute approximate surface area is 128 Å². The van der Waals surface area contributed by atoms with Gasteiger partial charge in [0.05, 0.1) is 0 Å². The van der Waals surface area contributed by atoms with Crippen LogP contribution in [0.15, 0.2) is 10.3 Å². The first-order chi connectivity index (χ1) is 10.2. The average Bonchev–Trinajstić information content (AvgIpc) is 2.49. The third kappa shape index (κ3) is 7.00. The highest BCUT2D eigenvalue weighted by Crippen LogP contribution is 2.45. The van der Waals surface area contributed by atoms with E-state index >= 15 is 0 Å². The molecule has 0 saturated carbocycles. The summed E-state index contributed by atoms with van der Waals surface area (Å²) in [4.78, 5) is 18.6. The molecular weight excluding hydrogens is 338 g/mol. The predicted molar refractivity (Wildman–Crippen MR) is 83.0 cm³/mol. The van der Waals surface area contributed by atoms with Crippen molar-refractivity contribution in [2.45, 2.75) is 38.5 Å². The van der Waals surface area contributed by atoms with E-state index in [2.05, 4.69) is 19.4 Å². The van der Waals surface area contributed by atoms with E-state index in [1.807, 2.05) is 0 Å². The van der Waals surface area contributed by atoms with Gasteiger partial charge in [-0.15, -0.1) is 0 Å². The van der Waals surface area contributed by atoms with Gasteiger partial charge in [-0.3, -0.25) is 9.13 Å². The molecule has 0 aliphatic carbocycles. The summed E-state index contributed by atoms with van der Waals surface area (Å²) in [5.41, 5.74) is -0.868. The number of rotatable bonds is 11. The fraction of sp³-hybridized carbons (Fsp3) is 0.800. The van der Waals surface area contributed by atoms with Crippen LogP contribution in [-0.4, -0.2) is 34.9 Å². The van der Waals surface area contributed by atoms with E-state index in [-0.39, 0.29) is 12.8 Å². The Morgan fingerprint density at radius 1 is 0.864 bits per heavy atom. The van der Waals surface area contributed by atoms with Crippen LogP contribution in [0.5, 0.6) is 0 Å². The molecule has 10 nitrogen and oxygen atoms in total. The van der Waals surface area contributed by atoms with Gasteiger partial charge in [-0.05, 0) is 25.7 Å². The first-order valence-corrected chi connectivity index (χ1v) is 9.57. The fourth-order valence-corrected chi connectivity index (χ4v) is 3.12. The van der Waals surface area contributed by atoms with E-state index < -0.39 is 26.1 Å². The lowest BCUT2D eigenvalue weighted by Crippen LogP contribution is -2.02. The molecule has 2 N–H and O–H groups in total. The Morgan fingerprint density at radius 3 is 1.41 bits per heavy atom. The minimum absolute atomic E-state index is 0.0180. The Balaban J connectivity index is 4.11. The minimum Gasteiger partial charge on any atom is -0.792 e. The third-order valence-corrected chi connectivity index (χ3v) is 5.81. The lowest BCUT2D eigenvalue weighted by Gasteiger charge is -2.14. The van der Waals surface area contributed by atoms with Gasteiger partial charge in [-0.1, -0.05) is 12.8 Å². The topological polar surface area (TPSA) is 164 Å². The first kappa shape index (κ1) is 21.2. The maximum atomic E-state index is 11.4. The lowest BCUT2D eigenvalue weighted by atomic mass is 10.1. The highest BCUT2D eigenvalue weighted by Gasteiger charge is 2.25. The highest BCUT2D eigenvalue weighted by atomic mass is 31.2. The quantitative estimate of drug-likeness (QED) is 0.246. The predicted octanol–water partition coefficient (Wildman–Crippen LogP) is 2.78. The van der Waals surface area contributed by atoms with Crippen LogP contribution < -0.4 is 0 Å². The molecule has 22 heavy (non-hydrogen) atoms. The van der Waals surface area contributed by atoms with Crippen molar-refractivity contribution in [2.75, 3.05) is 14.2 Å². The maximum Gasteiger partial charge on any atom is 0.371 e. The van der Waals surface area contributed by atoms with Gasteiger partial charge >= 0.3 is 15.2 Å². The van der Waals surface area contributed by atoms with Crippen LogP contribution in [0.1, 0.15) is 38.5 Å². The Morgan fingerprint density at radius 2 is 1.18 bits per heavy atom. The van der Waals surface area contributed by atoms with Crippen molar-refractivity contribution in [3.63, 3.8) is 0 Å². The van der Waals surface area contributed by atoms with Crippen molar-refractivity contribution in [1.29, 1.82) is 0 Å². The van der Waals surface area contributed by atoms with Crippen molar-refractivity contribution < 1.29 is 28.0 Å². The van der Waals surface area contributed by atoms with Gasteiger partial charge in [-0.2, -0.15) is 0 Å². The van der Waals surface area contributed by atoms with Crippen molar-refractivity contribution in [3.8, 4) is 0 Å². The summed E-state index contributed by atoms with van der Waals surface area (Å²) in [6.45, 7) is 0. The van der Waals surface area contributed by atoms with E-state index in [9.17, 15) is 29.3 Å². The smallest absolute Gasteiger partial charge is 0.371 e. The van der Waals surface area contributed by atoms with E-state index in [0.717, 1.165) is 14.2 Å². The van der Waals surface area contributed by atoms with Crippen LogP contribution in [0, 0.1) is 10.4 Å². The molecule has 0 fully saturated rings. The van der Waals surface area contributed by atoms with Crippen molar-refractivity contribution in [2.24, 2.45) is 10.3 Å². The first-order valence-electron chi connectivity index (χ1n) is 6.41. The molecular formula is C10H20N2O8P2-2. The number of hydrogen-bond donors (Lipinski definition) is 2.